The van der Waals surface area contributed by atoms with Crippen molar-refractivity contribution in [1.29, 1.82) is 0 Å². The molecule has 35 heavy (non-hydrogen) atoms. The van der Waals surface area contributed by atoms with Gasteiger partial charge in [0.15, 0.2) is 5.75 Å². The monoisotopic (exact) mass is 466 g/mol. The molecular weight excluding hydrogens is 440 g/mol. The van der Waals surface area contributed by atoms with Crippen molar-refractivity contribution in [3.05, 3.63) is 89.6 Å². The number of nitrogens with zero attached hydrogens (tertiary/aromatic N) is 3. The highest BCUT2D eigenvalue weighted by atomic mass is 16.5. The molecule has 0 bridgehead atoms. The van der Waals surface area contributed by atoms with Crippen LogP contribution in [0.15, 0.2) is 77.8 Å². The maximum Gasteiger partial charge on any atom is 0.325 e. The van der Waals surface area contributed by atoms with Gasteiger partial charge in [0.2, 0.25) is 0 Å². The molecule has 0 saturated carbocycles. The van der Waals surface area contributed by atoms with Gasteiger partial charge in [-0.05, 0) is 37.3 Å². The van der Waals surface area contributed by atoms with Crippen LogP contribution in [0.4, 0.5) is 5.69 Å². The van der Waals surface area contributed by atoms with E-state index >= 15 is 0 Å². The van der Waals surface area contributed by atoms with Crippen LogP contribution >= 0.6 is 0 Å². The number of carboxylic acid groups (broad SMARTS) is 1. The van der Waals surface area contributed by atoms with Crippen molar-refractivity contribution in [3.63, 3.8) is 0 Å². The number of carbonyl (C=O) groups is 1. The van der Waals surface area contributed by atoms with E-state index < -0.39 is 12.0 Å². The van der Waals surface area contributed by atoms with Crippen molar-refractivity contribution >= 4 is 28.4 Å². The molecule has 2 N–H and O–H groups in total. The molecule has 3 aromatic carbocycles. The molecule has 0 spiro atoms. The average molecular weight is 467 g/mol. The molecule has 2 aliphatic rings. The van der Waals surface area contributed by atoms with E-state index in [1.165, 1.54) is 0 Å². The molecule has 1 aromatic heterocycles. The second-order valence-electron chi connectivity index (χ2n) is 8.97. The third-order valence-electron chi connectivity index (χ3n) is 6.87. The lowest BCUT2D eigenvalue weighted by atomic mass is 10.0. The van der Waals surface area contributed by atoms with E-state index in [0.29, 0.717) is 26.2 Å². The number of carboxylic acids is 1. The maximum absolute atomic E-state index is 12.5. The highest BCUT2D eigenvalue weighted by molar-refractivity contribution is 6.03. The van der Waals surface area contributed by atoms with Gasteiger partial charge in [-0.3, -0.25) is 9.69 Å². The molecule has 0 aliphatic carbocycles. The standard InChI is InChI=1S/C28H26N4O3/c1-18-25(19-8-2-4-10-21(19)29-18)26(28(33)34)31-14-16-32(17-15-31)27-20-9-3-6-12-23(20)35-24-13-7-5-11-22(24)30-27/h2-13,26,29H,14-17H2,1H3,(H,33,34)/t26-/m1/s1. The molecule has 7 heteroatoms. The predicted octanol–water partition coefficient (Wildman–Crippen LogP) is 5.10. The molecule has 7 nitrogen and oxygen atoms in total. The van der Waals surface area contributed by atoms with Gasteiger partial charge in [-0.15, -0.1) is 0 Å². The number of hydrogen-bond acceptors (Lipinski definition) is 5. The Labute approximate surface area is 203 Å². The minimum atomic E-state index is -0.828. The van der Waals surface area contributed by atoms with E-state index in [4.69, 9.17) is 9.73 Å². The SMILES string of the molecule is Cc1[nH]c2ccccc2c1[C@H](C(=O)O)N1CCN(C2=Nc3ccccc3Oc3ccccc32)CC1. The van der Waals surface area contributed by atoms with Crippen LogP contribution in [0.25, 0.3) is 10.9 Å². The van der Waals surface area contributed by atoms with Crippen LogP contribution in [0.2, 0.25) is 0 Å². The number of piperazine rings is 1. The van der Waals surface area contributed by atoms with Crippen molar-refractivity contribution in [1.82, 2.24) is 14.8 Å². The third-order valence-corrected chi connectivity index (χ3v) is 6.87. The van der Waals surface area contributed by atoms with Crippen LogP contribution in [-0.4, -0.2) is 57.9 Å². The minimum Gasteiger partial charge on any atom is -0.480 e. The van der Waals surface area contributed by atoms with E-state index in [1.807, 2.05) is 79.7 Å². The van der Waals surface area contributed by atoms with Gasteiger partial charge in [0, 0.05) is 48.3 Å². The number of aromatic nitrogens is 1. The summed E-state index contributed by atoms with van der Waals surface area (Å²) >= 11 is 0. The molecule has 0 amide bonds. The molecule has 1 fully saturated rings. The Morgan fingerprint density at radius 1 is 0.943 bits per heavy atom. The number of hydrogen-bond donors (Lipinski definition) is 2. The van der Waals surface area contributed by atoms with Crippen LogP contribution in [-0.2, 0) is 4.79 Å². The molecular formula is C28H26N4O3. The normalized spacial score (nSPS) is 16.6. The number of aliphatic carboxylic acids is 1. The maximum atomic E-state index is 12.5. The van der Waals surface area contributed by atoms with Gasteiger partial charge in [-0.1, -0.05) is 42.5 Å². The number of rotatable bonds is 3. The number of aliphatic imine (C=N–C) groups is 1. The number of para-hydroxylation sites is 4. The van der Waals surface area contributed by atoms with Crippen LogP contribution < -0.4 is 4.74 Å². The summed E-state index contributed by atoms with van der Waals surface area (Å²) < 4.78 is 6.18. The molecule has 4 aromatic rings. The predicted molar refractivity (Wildman–Crippen MR) is 136 cm³/mol. The summed E-state index contributed by atoms with van der Waals surface area (Å²) in [6.07, 6.45) is 0. The van der Waals surface area contributed by atoms with Gasteiger partial charge in [0.25, 0.3) is 0 Å². The molecule has 1 saturated heterocycles. The summed E-state index contributed by atoms with van der Waals surface area (Å²) in [5.74, 6) is 1.54. The van der Waals surface area contributed by atoms with E-state index in [1.54, 1.807) is 0 Å². The van der Waals surface area contributed by atoms with Gasteiger partial charge in [0.1, 0.15) is 23.3 Å². The Hall–Kier alpha value is -4.10. The van der Waals surface area contributed by atoms with Crippen LogP contribution in [0.5, 0.6) is 11.5 Å². The van der Waals surface area contributed by atoms with Crippen LogP contribution in [0.3, 0.4) is 0 Å². The van der Waals surface area contributed by atoms with Crippen molar-refractivity contribution < 1.29 is 14.6 Å². The number of aromatic amines is 1. The fraction of sp³-hybridized carbons (Fsp3) is 0.214. The fourth-order valence-corrected chi connectivity index (χ4v) is 5.21. The fourth-order valence-electron chi connectivity index (χ4n) is 5.21. The number of ether oxygens (including phenoxy) is 1. The summed E-state index contributed by atoms with van der Waals surface area (Å²) in [5, 5.41) is 11.2. The van der Waals surface area contributed by atoms with Gasteiger partial charge >= 0.3 is 5.97 Å². The molecule has 1 atom stereocenters. The highest BCUT2D eigenvalue weighted by Gasteiger charge is 2.34. The number of fused-ring (bicyclic) bond motifs is 3. The second kappa shape index (κ2) is 8.60. The Bertz CT molecular complexity index is 1450. The van der Waals surface area contributed by atoms with E-state index in [-0.39, 0.29) is 0 Å². The number of amidine groups is 1. The lowest BCUT2D eigenvalue weighted by Crippen LogP contribution is -2.51. The number of benzene rings is 3. The molecule has 0 unspecified atom stereocenters. The topological polar surface area (TPSA) is 81.2 Å². The number of nitrogens with one attached hydrogen (secondary N) is 1. The van der Waals surface area contributed by atoms with Crippen molar-refractivity contribution in [2.24, 2.45) is 4.99 Å². The zero-order valence-corrected chi connectivity index (χ0v) is 19.4. The zero-order chi connectivity index (χ0) is 23.9. The summed E-state index contributed by atoms with van der Waals surface area (Å²) in [7, 11) is 0. The summed E-state index contributed by atoms with van der Waals surface area (Å²) in [4.78, 5) is 25.2. The number of H-pyrrole nitrogens is 1. The van der Waals surface area contributed by atoms with E-state index in [0.717, 1.165) is 50.7 Å². The van der Waals surface area contributed by atoms with Crippen molar-refractivity contribution in [2.75, 3.05) is 26.2 Å². The first-order valence-corrected chi connectivity index (χ1v) is 11.8. The van der Waals surface area contributed by atoms with Crippen molar-refractivity contribution in [2.45, 2.75) is 13.0 Å². The first kappa shape index (κ1) is 21.4. The van der Waals surface area contributed by atoms with Gasteiger partial charge in [-0.2, -0.15) is 0 Å². The van der Waals surface area contributed by atoms with Gasteiger partial charge in [0.05, 0.1) is 5.56 Å². The Morgan fingerprint density at radius 2 is 1.63 bits per heavy atom. The molecule has 2 aliphatic heterocycles. The molecule has 0 radical (unpaired) electrons. The van der Waals surface area contributed by atoms with Crippen LogP contribution in [0.1, 0.15) is 22.9 Å². The lowest BCUT2D eigenvalue weighted by Gasteiger charge is -2.39. The smallest absolute Gasteiger partial charge is 0.325 e. The third kappa shape index (κ3) is 3.74. The lowest BCUT2D eigenvalue weighted by molar-refractivity contribution is -0.144. The highest BCUT2D eigenvalue weighted by Crippen LogP contribution is 2.38. The first-order chi connectivity index (χ1) is 17.1. The Balaban J connectivity index is 1.31. The molecule has 6 rings (SSSR count). The summed E-state index contributed by atoms with van der Waals surface area (Å²) in [5.41, 5.74) is 4.45. The first-order valence-electron chi connectivity index (χ1n) is 11.8. The number of aryl methyl sites for hydroxylation is 1. The summed E-state index contributed by atoms with van der Waals surface area (Å²) in [6.45, 7) is 4.51. The quantitative estimate of drug-likeness (QED) is 0.439. The Morgan fingerprint density at radius 3 is 2.43 bits per heavy atom. The molecule has 3 heterocycles. The minimum absolute atomic E-state index is 0.611. The average Bonchev–Trinajstić information content (AvgIpc) is 3.09. The van der Waals surface area contributed by atoms with E-state index in [9.17, 15) is 9.90 Å². The Kier molecular flexibility index (Phi) is 5.26. The van der Waals surface area contributed by atoms with Gasteiger partial charge < -0.3 is 19.7 Å². The van der Waals surface area contributed by atoms with Crippen molar-refractivity contribution in [3.8, 4) is 11.5 Å². The van der Waals surface area contributed by atoms with Crippen LogP contribution in [0, 0.1) is 6.92 Å². The zero-order valence-electron chi connectivity index (χ0n) is 19.4. The molecule has 176 valence electrons. The second-order valence-corrected chi connectivity index (χ2v) is 8.97. The van der Waals surface area contributed by atoms with Gasteiger partial charge in [-0.25, -0.2) is 4.99 Å². The van der Waals surface area contributed by atoms with E-state index in [2.05, 4.69) is 14.8 Å². The summed E-state index contributed by atoms with van der Waals surface area (Å²) in [6, 6.07) is 22.9. The largest absolute Gasteiger partial charge is 0.480 e.